The summed E-state index contributed by atoms with van der Waals surface area (Å²) >= 11 is 0. The van der Waals surface area contributed by atoms with Gasteiger partial charge < -0.3 is 10.6 Å². The number of nitrogens with one attached hydrogen (secondary N) is 2. The second-order valence-electron chi connectivity index (χ2n) is 3.93. The monoisotopic (exact) mass is 234 g/mol. The summed E-state index contributed by atoms with van der Waals surface area (Å²) in [5.74, 6) is -0.395. The van der Waals surface area contributed by atoms with Gasteiger partial charge in [0.05, 0.1) is 6.54 Å². The Bertz CT molecular complexity index is 376. The molecular formula is C13H18N2O2. The van der Waals surface area contributed by atoms with Gasteiger partial charge >= 0.3 is 0 Å². The van der Waals surface area contributed by atoms with Crippen molar-refractivity contribution in [1.82, 2.24) is 10.6 Å². The summed E-state index contributed by atoms with van der Waals surface area (Å²) in [6.45, 7) is 3.93. The van der Waals surface area contributed by atoms with E-state index < -0.39 is 0 Å². The van der Waals surface area contributed by atoms with Crippen LogP contribution in [0.4, 0.5) is 0 Å². The van der Waals surface area contributed by atoms with E-state index in [0.717, 1.165) is 6.42 Å². The fraction of sp³-hybridized carbons (Fsp3) is 0.385. The molecule has 0 spiro atoms. The third-order valence-corrected chi connectivity index (χ3v) is 2.47. The molecular weight excluding hydrogens is 216 g/mol. The number of carbonyl (C=O) groups excluding carboxylic acids is 2. The van der Waals surface area contributed by atoms with Crippen molar-refractivity contribution in [1.29, 1.82) is 0 Å². The van der Waals surface area contributed by atoms with E-state index in [1.807, 2.05) is 19.9 Å². The van der Waals surface area contributed by atoms with Crippen molar-refractivity contribution in [2.45, 2.75) is 26.3 Å². The number of rotatable bonds is 5. The third-order valence-electron chi connectivity index (χ3n) is 2.47. The molecule has 0 bridgehead atoms. The summed E-state index contributed by atoms with van der Waals surface area (Å²) < 4.78 is 0. The fourth-order valence-corrected chi connectivity index (χ4v) is 1.28. The zero-order valence-electron chi connectivity index (χ0n) is 10.2. The molecule has 1 aromatic rings. The minimum absolute atomic E-state index is 0.0120. The minimum Gasteiger partial charge on any atom is -0.352 e. The van der Waals surface area contributed by atoms with E-state index >= 15 is 0 Å². The first-order valence-corrected chi connectivity index (χ1v) is 5.76. The van der Waals surface area contributed by atoms with Crippen LogP contribution in [-0.2, 0) is 4.79 Å². The molecule has 4 heteroatoms. The number of benzene rings is 1. The van der Waals surface area contributed by atoms with Crippen molar-refractivity contribution < 1.29 is 9.59 Å². The molecule has 2 amide bonds. The first-order valence-electron chi connectivity index (χ1n) is 5.76. The third kappa shape index (κ3) is 4.68. The standard InChI is InChI=1S/C13H18N2O2/c1-3-10(2)15-12(16)9-14-13(17)11-7-5-4-6-8-11/h4-8,10H,3,9H2,1-2H3,(H,14,17)(H,15,16)/t10-/m0/s1. The molecule has 1 atom stereocenters. The van der Waals surface area contributed by atoms with Crippen molar-refractivity contribution >= 4 is 11.8 Å². The van der Waals surface area contributed by atoms with Crippen LogP contribution in [-0.4, -0.2) is 24.4 Å². The molecule has 0 aliphatic rings. The van der Waals surface area contributed by atoms with Gasteiger partial charge in [0.15, 0.2) is 0 Å². The smallest absolute Gasteiger partial charge is 0.251 e. The van der Waals surface area contributed by atoms with E-state index in [4.69, 9.17) is 0 Å². The Morgan fingerprint density at radius 3 is 2.47 bits per heavy atom. The Hall–Kier alpha value is -1.84. The van der Waals surface area contributed by atoms with E-state index in [-0.39, 0.29) is 24.4 Å². The summed E-state index contributed by atoms with van der Waals surface area (Å²) in [6, 6.07) is 8.97. The lowest BCUT2D eigenvalue weighted by Gasteiger charge is -2.11. The minimum atomic E-state index is -0.232. The molecule has 0 aromatic heterocycles. The molecule has 0 aliphatic heterocycles. The molecule has 0 unspecified atom stereocenters. The highest BCUT2D eigenvalue weighted by Gasteiger charge is 2.08. The molecule has 17 heavy (non-hydrogen) atoms. The van der Waals surface area contributed by atoms with E-state index in [2.05, 4.69) is 10.6 Å². The van der Waals surface area contributed by atoms with Crippen LogP contribution in [0.2, 0.25) is 0 Å². The van der Waals surface area contributed by atoms with Crippen molar-refractivity contribution in [3.8, 4) is 0 Å². The van der Waals surface area contributed by atoms with Gasteiger partial charge in [-0.25, -0.2) is 0 Å². The van der Waals surface area contributed by atoms with E-state index in [9.17, 15) is 9.59 Å². The van der Waals surface area contributed by atoms with Crippen molar-refractivity contribution in [3.05, 3.63) is 35.9 Å². The summed E-state index contributed by atoms with van der Waals surface area (Å²) in [7, 11) is 0. The summed E-state index contributed by atoms with van der Waals surface area (Å²) in [5, 5.41) is 5.36. The number of hydrogen-bond acceptors (Lipinski definition) is 2. The van der Waals surface area contributed by atoms with Gasteiger partial charge in [0.25, 0.3) is 5.91 Å². The normalized spacial score (nSPS) is 11.6. The van der Waals surface area contributed by atoms with Crippen molar-refractivity contribution in [2.75, 3.05) is 6.54 Å². The zero-order chi connectivity index (χ0) is 12.7. The van der Waals surface area contributed by atoms with Gasteiger partial charge in [-0.1, -0.05) is 25.1 Å². The van der Waals surface area contributed by atoms with Crippen LogP contribution in [0.15, 0.2) is 30.3 Å². The Labute approximate surface area is 101 Å². The Morgan fingerprint density at radius 1 is 1.24 bits per heavy atom. The highest BCUT2D eigenvalue weighted by Crippen LogP contribution is 1.97. The lowest BCUT2D eigenvalue weighted by molar-refractivity contribution is -0.120. The molecule has 1 aromatic carbocycles. The predicted octanol–water partition coefficient (Wildman–Crippen LogP) is 1.33. The van der Waals surface area contributed by atoms with Crippen LogP contribution >= 0.6 is 0 Å². The maximum Gasteiger partial charge on any atom is 0.251 e. The van der Waals surface area contributed by atoms with Crippen LogP contribution in [0.25, 0.3) is 0 Å². The average molecular weight is 234 g/mol. The number of hydrogen-bond donors (Lipinski definition) is 2. The van der Waals surface area contributed by atoms with Crippen LogP contribution < -0.4 is 10.6 Å². The summed E-state index contributed by atoms with van der Waals surface area (Å²) in [5.41, 5.74) is 0.559. The van der Waals surface area contributed by atoms with Gasteiger partial charge in [-0.3, -0.25) is 9.59 Å². The van der Waals surface area contributed by atoms with Crippen LogP contribution in [0.5, 0.6) is 0 Å². The molecule has 2 N–H and O–H groups in total. The van der Waals surface area contributed by atoms with Crippen LogP contribution in [0.1, 0.15) is 30.6 Å². The van der Waals surface area contributed by atoms with Gasteiger partial charge in [-0.2, -0.15) is 0 Å². The first-order chi connectivity index (χ1) is 8.13. The number of carbonyl (C=O) groups is 2. The second-order valence-corrected chi connectivity index (χ2v) is 3.93. The first kappa shape index (κ1) is 13.2. The molecule has 1 rings (SSSR count). The highest BCUT2D eigenvalue weighted by atomic mass is 16.2. The fourth-order valence-electron chi connectivity index (χ4n) is 1.28. The predicted molar refractivity (Wildman–Crippen MR) is 66.7 cm³/mol. The van der Waals surface area contributed by atoms with E-state index in [0.29, 0.717) is 5.56 Å². The summed E-state index contributed by atoms with van der Waals surface area (Å²) in [6.07, 6.45) is 0.873. The van der Waals surface area contributed by atoms with Crippen LogP contribution in [0.3, 0.4) is 0 Å². The Balaban J connectivity index is 2.36. The zero-order valence-corrected chi connectivity index (χ0v) is 10.2. The Kier molecular flexibility index (Phi) is 5.20. The van der Waals surface area contributed by atoms with Gasteiger partial charge in [-0.15, -0.1) is 0 Å². The Morgan fingerprint density at radius 2 is 1.88 bits per heavy atom. The number of amides is 2. The maximum absolute atomic E-state index is 11.6. The van der Waals surface area contributed by atoms with E-state index in [1.165, 1.54) is 0 Å². The second kappa shape index (κ2) is 6.68. The molecule has 0 heterocycles. The topological polar surface area (TPSA) is 58.2 Å². The SMILES string of the molecule is CC[C@H](C)NC(=O)CNC(=O)c1ccccc1. The van der Waals surface area contributed by atoms with E-state index in [1.54, 1.807) is 24.3 Å². The molecule has 0 saturated heterocycles. The largest absolute Gasteiger partial charge is 0.352 e. The lowest BCUT2D eigenvalue weighted by Crippen LogP contribution is -2.40. The van der Waals surface area contributed by atoms with Crippen molar-refractivity contribution in [2.24, 2.45) is 0 Å². The molecule has 0 radical (unpaired) electrons. The van der Waals surface area contributed by atoms with Crippen LogP contribution in [0, 0.1) is 0 Å². The molecule has 0 fully saturated rings. The average Bonchev–Trinajstić information content (AvgIpc) is 2.36. The van der Waals surface area contributed by atoms with Gasteiger partial charge in [0, 0.05) is 11.6 Å². The molecule has 4 nitrogen and oxygen atoms in total. The van der Waals surface area contributed by atoms with Gasteiger partial charge in [0.1, 0.15) is 0 Å². The maximum atomic E-state index is 11.6. The quantitative estimate of drug-likeness (QED) is 0.807. The molecule has 0 saturated carbocycles. The van der Waals surface area contributed by atoms with Gasteiger partial charge in [-0.05, 0) is 25.5 Å². The summed E-state index contributed by atoms with van der Waals surface area (Å²) in [4.78, 5) is 23.0. The molecule has 92 valence electrons. The van der Waals surface area contributed by atoms with Gasteiger partial charge in [0.2, 0.25) is 5.91 Å². The molecule has 0 aliphatic carbocycles. The van der Waals surface area contributed by atoms with Crippen molar-refractivity contribution in [3.63, 3.8) is 0 Å². The lowest BCUT2D eigenvalue weighted by atomic mass is 10.2. The highest BCUT2D eigenvalue weighted by molar-refractivity contribution is 5.96.